The van der Waals surface area contributed by atoms with Gasteiger partial charge in [-0.25, -0.2) is 4.90 Å². The number of nitrogens with one attached hydrogen (secondary N) is 1. The number of amides is 2. The molecule has 0 radical (unpaired) electrons. The Kier molecular flexibility index (Phi) is 6.04. The van der Waals surface area contributed by atoms with Gasteiger partial charge in [0.15, 0.2) is 0 Å². The maximum absolute atomic E-state index is 13.6. The summed E-state index contributed by atoms with van der Waals surface area (Å²) in [7, 11) is 4.66. The molecule has 0 saturated carbocycles. The minimum Gasteiger partial charge on any atom is -0.497 e. The summed E-state index contributed by atoms with van der Waals surface area (Å²) in [5.41, 5.74) is 3.00. The highest BCUT2D eigenvalue weighted by atomic mass is 16.5. The Balaban J connectivity index is 1.84. The van der Waals surface area contributed by atoms with Crippen molar-refractivity contribution in [2.75, 3.05) is 31.5 Å². The summed E-state index contributed by atoms with van der Waals surface area (Å²) < 4.78 is 16.0. The molecule has 1 heterocycles. The number of rotatable bonds is 7. The van der Waals surface area contributed by atoms with Gasteiger partial charge in [-0.1, -0.05) is 24.3 Å². The molecule has 1 N–H and O–H groups in total. The molecule has 168 valence electrons. The Labute approximate surface area is 192 Å². The van der Waals surface area contributed by atoms with Gasteiger partial charge in [0, 0.05) is 6.07 Å². The van der Waals surface area contributed by atoms with Gasteiger partial charge in [0.05, 0.1) is 38.3 Å². The number of ether oxygens (including phenoxy) is 3. The zero-order valence-corrected chi connectivity index (χ0v) is 18.8. The highest BCUT2D eigenvalue weighted by Gasteiger charge is 2.40. The van der Waals surface area contributed by atoms with Gasteiger partial charge in [-0.2, -0.15) is 0 Å². The van der Waals surface area contributed by atoms with Crippen LogP contribution in [0.1, 0.15) is 11.1 Å². The number of carbonyl (C=O) groups excluding carboxylic acids is 2. The molecular weight excluding hydrogens is 420 g/mol. The van der Waals surface area contributed by atoms with Crippen molar-refractivity contribution in [3.63, 3.8) is 0 Å². The van der Waals surface area contributed by atoms with Gasteiger partial charge < -0.3 is 19.5 Å². The Morgan fingerprint density at radius 3 is 2.15 bits per heavy atom. The number of benzene rings is 3. The van der Waals surface area contributed by atoms with E-state index >= 15 is 0 Å². The van der Waals surface area contributed by atoms with Crippen molar-refractivity contribution in [2.45, 2.75) is 6.92 Å². The lowest BCUT2D eigenvalue weighted by molar-refractivity contribution is -0.120. The van der Waals surface area contributed by atoms with E-state index in [0.29, 0.717) is 34.2 Å². The van der Waals surface area contributed by atoms with Crippen LogP contribution in [0.4, 0.5) is 11.4 Å². The molecule has 0 aromatic heterocycles. The summed E-state index contributed by atoms with van der Waals surface area (Å²) in [5, 5.41) is 3.17. The fraction of sp³-hybridized carbons (Fsp3) is 0.154. The van der Waals surface area contributed by atoms with Gasteiger partial charge in [0.25, 0.3) is 11.8 Å². The molecule has 3 aromatic carbocycles. The van der Waals surface area contributed by atoms with E-state index in [1.807, 2.05) is 25.1 Å². The van der Waals surface area contributed by atoms with Gasteiger partial charge in [0.1, 0.15) is 22.9 Å². The summed E-state index contributed by atoms with van der Waals surface area (Å²) in [6.07, 6.45) is 0. The third-order valence-corrected chi connectivity index (χ3v) is 5.39. The molecule has 2 amide bonds. The van der Waals surface area contributed by atoms with E-state index in [-0.39, 0.29) is 11.3 Å². The van der Waals surface area contributed by atoms with Crippen LogP contribution in [0, 0.1) is 6.92 Å². The first-order valence-electron chi connectivity index (χ1n) is 10.3. The Hall–Kier alpha value is -4.26. The maximum Gasteiger partial charge on any atom is 0.282 e. The summed E-state index contributed by atoms with van der Waals surface area (Å²) in [4.78, 5) is 28.3. The van der Waals surface area contributed by atoms with Crippen molar-refractivity contribution in [1.82, 2.24) is 0 Å². The Morgan fingerprint density at radius 1 is 0.758 bits per heavy atom. The van der Waals surface area contributed by atoms with E-state index in [0.717, 1.165) is 10.5 Å². The second-order valence-electron chi connectivity index (χ2n) is 7.45. The quantitative estimate of drug-likeness (QED) is 0.544. The fourth-order valence-electron chi connectivity index (χ4n) is 3.71. The summed E-state index contributed by atoms with van der Waals surface area (Å²) in [5.74, 6) is 0.842. The number of aryl methyl sites for hydroxylation is 1. The molecular formula is C26H24N2O5. The Morgan fingerprint density at radius 2 is 1.48 bits per heavy atom. The first kappa shape index (κ1) is 22.0. The van der Waals surface area contributed by atoms with Crippen LogP contribution in [-0.4, -0.2) is 33.1 Å². The number of nitrogens with zero attached hydrogens (tertiary/aromatic N) is 1. The minimum atomic E-state index is -0.470. The van der Waals surface area contributed by atoms with Crippen molar-refractivity contribution >= 4 is 28.8 Å². The molecule has 0 unspecified atom stereocenters. The molecule has 0 aliphatic carbocycles. The molecule has 4 rings (SSSR count). The number of anilines is 2. The molecule has 0 saturated heterocycles. The largest absolute Gasteiger partial charge is 0.497 e. The zero-order valence-electron chi connectivity index (χ0n) is 18.8. The van der Waals surface area contributed by atoms with Crippen molar-refractivity contribution in [1.29, 1.82) is 0 Å². The first-order chi connectivity index (χ1) is 16.0. The number of hydrogen-bond donors (Lipinski definition) is 1. The van der Waals surface area contributed by atoms with Crippen LogP contribution < -0.4 is 24.4 Å². The van der Waals surface area contributed by atoms with Crippen LogP contribution in [0.15, 0.2) is 72.4 Å². The summed E-state index contributed by atoms with van der Waals surface area (Å²) in [6, 6.07) is 19.4. The van der Waals surface area contributed by atoms with Crippen LogP contribution in [0.3, 0.4) is 0 Å². The van der Waals surface area contributed by atoms with Gasteiger partial charge in [-0.3, -0.25) is 9.59 Å². The maximum atomic E-state index is 13.6. The number of hydrogen-bond acceptors (Lipinski definition) is 6. The lowest BCUT2D eigenvalue weighted by Crippen LogP contribution is -2.32. The van der Waals surface area contributed by atoms with E-state index < -0.39 is 11.8 Å². The van der Waals surface area contributed by atoms with Crippen LogP contribution in [0.5, 0.6) is 17.2 Å². The molecule has 0 atom stereocenters. The molecule has 0 spiro atoms. The van der Waals surface area contributed by atoms with Crippen LogP contribution in [0.25, 0.3) is 5.57 Å². The SMILES string of the molecule is COc1ccc(C2=C(Nc3cc(C)ccc3OC)C(=O)N(c3cccc(OC)c3)C2=O)cc1. The number of methoxy groups -OCH3 is 3. The zero-order chi connectivity index (χ0) is 23.5. The molecule has 1 aliphatic rings. The van der Waals surface area contributed by atoms with E-state index in [1.54, 1.807) is 62.8 Å². The monoisotopic (exact) mass is 444 g/mol. The highest BCUT2D eigenvalue weighted by molar-refractivity contribution is 6.46. The van der Waals surface area contributed by atoms with E-state index in [4.69, 9.17) is 14.2 Å². The smallest absolute Gasteiger partial charge is 0.282 e. The normalized spacial score (nSPS) is 13.4. The van der Waals surface area contributed by atoms with Crippen LogP contribution in [-0.2, 0) is 9.59 Å². The predicted molar refractivity (Wildman–Crippen MR) is 127 cm³/mol. The standard InChI is InChI=1S/C26H24N2O5/c1-16-8-13-22(33-4)21(14-16)27-24-23(17-9-11-19(31-2)12-10-17)25(29)28(26(24)30)18-6-5-7-20(15-18)32-3/h5-15,27H,1-4H3. The molecule has 3 aromatic rings. The Bertz CT molecular complexity index is 1250. The topological polar surface area (TPSA) is 77.1 Å². The molecule has 1 aliphatic heterocycles. The van der Waals surface area contributed by atoms with E-state index in [9.17, 15) is 9.59 Å². The predicted octanol–water partition coefficient (Wildman–Crippen LogP) is 4.42. The first-order valence-corrected chi connectivity index (χ1v) is 10.3. The van der Waals surface area contributed by atoms with Crippen LogP contribution in [0.2, 0.25) is 0 Å². The lowest BCUT2D eigenvalue weighted by atomic mass is 10.0. The van der Waals surface area contributed by atoms with E-state index in [1.165, 1.54) is 7.11 Å². The molecule has 0 bridgehead atoms. The molecule has 7 nitrogen and oxygen atoms in total. The lowest BCUT2D eigenvalue weighted by Gasteiger charge is -2.17. The highest BCUT2D eigenvalue weighted by Crippen LogP contribution is 2.37. The summed E-state index contributed by atoms with van der Waals surface area (Å²) in [6.45, 7) is 1.94. The number of carbonyl (C=O) groups is 2. The van der Waals surface area contributed by atoms with Gasteiger partial charge in [-0.05, 0) is 54.4 Å². The fourth-order valence-corrected chi connectivity index (χ4v) is 3.71. The van der Waals surface area contributed by atoms with Gasteiger partial charge >= 0.3 is 0 Å². The van der Waals surface area contributed by atoms with E-state index in [2.05, 4.69) is 5.32 Å². The molecule has 33 heavy (non-hydrogen) atoms. The summed E-state index contributed by atoms with van der Waals surface area (Å²) >= 11 is 0. The van der Waals surface area contributed by atoms with Gasteiger partial charge in [-0.15, -0.1) is 0 Å². The van der Waals surface area contributed by atoms with Gasteiger partial charge in [0.2, 0.25) is 0 Å². The van der Waals surface area contributed by atoms with Crippen molar-refractivity contribution in [3.05, 3.63) is 83.6 Å². The third-order valence-electron chi connectivity index (χ3n) is 5.39. The third kappa shape index (κ3) is 4.13. The van der Waals surface area contributed by atoms with Crippen LogP contribution >= 0.6 is 0 Å². The average molecular weight is 444 g/mol. The van der Waals surface area contributed by atoms with Crippen molar-refractivity contribution in [2.24, 2.45) is 0 Å². The minimum absolute atomic E-state index is 0.164. The average Bonchev–Trinajstić information content (AvgIpc) is 3.08. The van der Waals surface area contributed by atoms with Crippen molar-refractivity contribution in [3.8, 4) is 17.2 Å². The molecule has 0 fully saturated rings. The molecule has 7 heteroatoms. The number of imide groups is 1. The second kappa shape index (κ2) is 9.08. The second-order valence-corrected chi connectivity index (χ2v) is 7.45. The van der Waals surface area contributed by atoms with Crippen molar-refractivity contribution < 1.29 is 23.8 Å².